The predicted molar refractivity (Wildman–Crippen MR) is 97.0 cm³/mol. The maximum Gasteiger partial charge on any atom is 0.148 e. The summed E-state index contributed by atoms with van der Waals surface area (Å²) in [6.07, 6.45) is 7.05. The molecule has 23 heavy (non-hydrogen) atoms. The van der Waals surface area contributed by atoms with Gasteiger partial charge in [-0.05, 0) is 63.5 Å². The number of anilines is 1. The Labute approximate surface area is 147 Å². The van der Waals surface area contributed by atoms with Crippen molar-refractivity contribution in [1.82, 2.24) is 14.7 Å². The summed E-state index contributed by atoms with van der Waals surface area (Å²) in [5.74, 6) is 0.886. The molecule has 0 bridgehead atoms. The van der Waals surface area contributed by atoms with Gasteiger partial charge in [-0.15, -0.1) is 0 Å². The minimum atomic E-state index is 0.538. The van der Waals surface area contributed by atoms with E-state index in [1.165, 1.54) is 38.9 Å². The van der Waals surface area contributed by atoms with Crippen molar-refractivity contribution in [3.63, 3.8) is 0 Å². The average molecular weight is 353 g/mol. The van der Waals surface area contributed by atoms with Gasteiger partial charge in [0.2, 0.25) is 0 Å². The van der Waals surface area contributed by atoms with E-state index in [0.717, 1.165) is 24.5 Å². The molecule has 1 aromatic carbocycles. The first kappa shape index (κ1) is 16.6. The zero-order chi connectivity index (χ0) is 16.1. The van der Waals surface area contributed by atoms with E-state index in [0.29, 0.717) is 10.0 Å². The third kappa shape index (κ3) is 4.63. The van der Waals surface area contributed by atoms with Gasteiger partial charge in [0.15, 0.2) is 0 Å². The lowest BCUT2D eigenvalue weighted by atomic mass is 10.3. The topological polar surface area (TPSA) is 33.1 Å². The molecule has 1 aliphatic heterocycles. The fourth-order valence-corrected chi connectivity index (χ4v) is 3.16. The highest BCUT2D eigenvalue weighted by Crippen LogP contribution is 2.24. The smallest absolute Gasteiger partial charge is 0.148 e. The maximum absolute atomic E-state index is 6.05. The summed E-state index contributed by atoms with van der Waals surface area (Å²) in [6.45, 7) is 4.73. The van der Waals surface area contributed by atoms with Gasteiger partial charge in [-0.2, -0.15) is 5.10 Å². The minimum Gasteiger partial charge on any atom is -0.369 e. The van der Waals surface area contributed by atoms with E-state index in [1.54, 1.807) is 10.7 Å². The number of rotatable bonds is 7. The molecule has 3 rings (SSSR count). The number of aromatic nitrogens is 2. The lowest BCUT2D eigenvalue weighted by molar-refractivity contribution is 0.331. The number of hydrogen-bond donors (Lipinski definition) is 1. The summed E-state index contributed by atoms with van der Waals surface area (Å²) in [5.41, 5.74) is 0.904. The molecule has 1 aliphatic rings. The van der Waals surface area contributed by atoms with Crippen molar-refractivity contribution in [2.24, 2.45) is 0 Å². The van der Waals surface area contributed by atoms with E-state index in [2.05, 4.69) is 15.3 Å². The molecular weight excluding hydrogens is 331 g/mol. The van der Waals surface area contributed by atoms with Gasteiger partial charge in [0.25, 0.3) is 0 Å². The monoisotopic (exact) mass is 352 g/mol. The van der Waals surface area contributed by atoms with Crippen molar-refractivity contribution in [2.45, 2.75) is 25.7 Å². The lowest BCUT2D eigenvalue weighted by Crippen LogP contribution is -2.20. The van der Waals surface area contributed by atoms with Gasteiger partial charge in [-0.3, -0.25) is 0 Å². The van der Waals surface area contributed by atoms with Crippen LogP contribution in [0.5, 0.6) is 0 Å². The van der Waals surface area contributed by atoms with Gasteiger partial charge < -0.3 is 10.2 Å². The quantitative estimate of drug-likeness (QED) is 0.746. The number of unbranched alkanes of at least 4 members (excludes halogenated alkanes) is 1. The van der Waals surface area contributed by atoms with Crippen molar-refractivity contribution in [3.05, 3.63) is 40.5 Å². The fraction of sp³-hybridized carbons (Fsp3) is 0.471. The molecule has 1 N–H and O–H groups in total. The SMILES string of the molecule is Clc1ccc(-n2ccc(NCCCCN3CCCC3)n2)cc1Cl. The molecule has 2 aromatic rings. The van der Waals surface area contributed by atoms with Crippen LogP contribution in [0.2, 0.25) is 10.0 Å². The van der Waals surface area contributed by atoms with Gasteiger partial charge in [-0.1, -0.05) is 23.2 Å². The van der Waals surface area contributed by atoms with E-state index < -0.39 is 0 Å². The van der Waals surface area contributed by atoms with Crippen LogP contribution in [0.15, 0.2) is 30.5 Å². The standard InChI is InChI=1S/C17H22Cl2N4/c18-15-6-5-14(13-16(15)19)23-12-7-17(21-23)20-8-1-2-9-22-10-3-4-11-22/h5-7,12-13H,1-4,8-11H2,(H,20,21). The first-order chi connectivity index (χ1) is 11.2. The van der Waals surface area contributed by atoms with Crippen LogP contribution in [0, 0.1) is 0 Å². The van der Waals surface area contributed by atoms with Crippen LogP contribution < -0.4 is 5.32 Å². The lowest BCUT2D eigenvalue weighted by Gasteiger charge is -2.13. The number of likely N-dealkylation sites (tertiary alicyclic amines) is 1. The molecule has 6 heteroatoms. The Morgan fingerprint density at radius 2 is 1.87 bits per heavy atom. The molecule has 1 aromatic heterocycles. The Morgan fingerprint density at radius 1 is 1.04 bits per heavy atom. The third-order valence-corrected chi connectivity index (χ3v) is 4.90. The molecule has 0 saturated carbocycles. The van der Waals surface area contributed by atoms with Gasteiger partial charge in [0.05, 0.1) is 15.7 Å². The van der Waals surface area contributed by atoms with Crippen molar-refractivity contribution >= 4 is 29.0 Å². The van der Waals surface area contributed by atoms with Gasteiger partial charge in [0.1, 0.15) is 5.82 Å². The largest absolute Gasteiger partial charge is 0.369 e. The van der Waals surface area contributed by atoms with Crippen LogP contribution >= 0.6 is 23.2 Å². The number of benzene rings is 1. The summed E-state index contributed by atoms with van der Waals surface area (Å²) in [5, 5.41) is 8.99. The molecule has 124 valence electrons. The summed E-state index contributed by atoms with van der Waals surface area (Å²) < 4.78 is 1.80. The fourth-order valence-electron chi connectivity index (χ4n) is 2.87. The van der Waals surface area contributed by atoms with E-state index in [4.69, 9.17) is 23.2 Å². The Balaban J connectivity index is 1.44. The third-order valence-electron chi connectivity index (χ3n) is 4.16. The normalized spacial score (nSPS) is 15.2. The summed E-state index contributed by atoms with van der Waals surface area (Å²) in [4.78, 5) is 2.55. The first-order valence-corrected chi connectivity index (χ1v) is 8.95. The second-order valence-corrected chi connectivity index (χ2v) is 6.74. The average Bonchev–Trinajstić information content (AvgIpc) is 3.21. The molecule has 1 saturated heterocycles. The minimum absolute atomic E-state index is 0.538. The molecule has 0 aliphatic carbocycles. The summed E-state index contributed by atoms with van der Waals surface area (Å²) in [7, 11) is 0. The summed E-state index contributed by atoms with van der Waals surface area (Å²) in [6, 6.07) is 7.48. The zero-order valence-electron chi connectivity index (χ0n) is 13.1. The van der Waals surface area contributed by atoms with Crippen LogP contribution in [0.25, 0.3) is 5.69 Å². The van der Waals surface area contributed by atoms with Crippen molar-refractivity contribution in [2.75, 3.05) is 31.5 Å². The second kappa shape index (κ2) is 8.04. The number of halogens is 2. The van der Waals surface area contributed by atoms with Crippen molar-refractivity contribution in [1.29, 1.82) is 0 Å². The molecule has 0 amide bonds. The molecule has 0 spiro atoms. The number of hydrogen-bond acceptors (Lipinski definition) is 3. The summed E-state index contributed by atoms with van der Waals surface area (Å²) >= 11 is 12.0. The van der Waals surface area contributed by atoms with Gasteiger partial charge in [0, 0.05) is 18.8 Å². The van der Waals surface area contributed by atoms with Crippen molar-refractivity contribution < 1.29 is 0 Å². The van der Waals surface area contributed by atoms with Crippen LogP contribution in [0.3, 0.4) is 0 Å². The van der Waals surface area contributed by atoms with Crippen LogP contribution in [-0.2, 0) is 0 Å². The molecule has 0 atom stereocenters. The molecule has 0 unspecified atom stereocenters. The highest BCUT2D eigenvalue weighted by molar-refractivity contribution is 6.42. The first-order valence-electron chi connectivity index (χ1n) is 8.20. The van der Waals surface area contributed by atoms with Crippen LogP contribution in [0.4, 0.5) is 5.82 Å². The van der Waals surface area contributed by atoms with E-state index in [9.17, 15) is 0 Å². The number of nitrogens with one attached hydrogen (secondary N) is 1. The van der Waals surface area contributed by atoms with E-state index >= 15 is 0 Å². The molecular formula is C17H22Cl2N4. The highest BCUT2D eigenvalue weighted by Gasteiger charge is 2.10. The molecule has 0 radical (unpaired) electrons. The highest BCUT2D eigenvalue weighted by atomic mass is 35.5. The molecule has 1 fully saturated rings. The van der Waals surface area contributed by atoms with Gasteiger partial charge >= 0.3 is 0 Å². The predicted octanol–water partition coefficient (Wildman–Crippen LogP) is 4.47. The molecule has 4 nitrogen and oxygen atoms in total. The van der Waals surface area contributed by atoms with Gasteiger partial charge in [-0.25, -0.2) is 4.68 Å². The Morgan fingerprint density at radius 3 is 2.65 bits per heavy atom. The number of nitrogens with zero attached hydrogens (tertiary/aromatic N) is 3. The maximum atomic E-state index is 6.05. The Bertz CT molecular complexity index is 635. The second-order valence-electron chi connectivity index (χ2n) is 5.93. The zero-order valence-corrected chi connectivity index (χ0v) is 14.7. The van der Waals surface area contributed by atoms with Crippen LogP contribution in [-0.4, -0.2) is 40.9 Å². The van der Waals surface area contributed by atoms with E-state index in [-0.39, 0.29) is 0 Å². The van der Waals surface area contributed by atoms with E-state index in [1.807, 2.05) is 24.4 Å². The van der Waals surface area contributed by atoms with Crippen molar-refractivity contribution in [3.8, 4) is 5.69 Å². The van der Waals surface area contributed by atoms with Crippen LogP contribution in [0.1, 0.15) is 25.7 Å². The molecule has 2 heterocycles. The Hall–Kier alpha value is -1.23. The Kier molecular flexibility index (Phi) is 5.81.